The van der Waals surface area contributed by atoms with E-state index in [2.05, 4.69) is 22.0 Å². The summed E-state index contributed by atoms with van der Waals surface area (Å²) in [5, 5.41) is 0.00505. The number of halogens is 1. The predicted molar refractivity (Wildman–Crippen MR) is 89.3 cm³/mol. The van der Waals surface area contributed by atoms with E-state index in [4.69, 9.17) is 16.3 Å². The molecule has 0 unspecified atom stereocenters. The van der Waals surface area contributed by atoms with Gasteiger partial charge in [0.05, 0.1) is 13.2 Å². The van der Waals surface area contributed by atoms with Crippen molar-refractivity contribution in [2.75, 3.05) is 20.2 Å². The van der Waals surface area contributed by atoms with Gasteiger partial charge in [-0.3, -0.25) is 9.69 Å². The Morgan fingerprint density at radius 2 is 2.17 bits per heavy atom. The molecule has 1 saturated heterocycles. The van der Waals surface area contributed by atoms with E-state index in [-0.39, 0.29) is 22.7 Å². The topological polar surface area (TPSA) is 64.4 Å². The third kappa shape index (κ3) is 3.20. The maximum atomic E-state index is 12.0. The Kier molecular flexibility index (Phi) is 4.97. The summed E-state index contributed by atoms with van der Waals surface area (Å²) in [5.74, 6) is -0.422. The average Bonchev–Trinajstić information content (AvgIpc) is 3.18. The smallest absolute Gasteiger partial charge is 0.357 e. The number of imidazole rings is 1. The molecule has 1 aliphatic heterocycles. The molecule has 0 saturated carbocycles. The molecule has 1 aromatic heterocycles. The lowest BCUT2D eigenvalue weighted by atomic mass is 10.2. The van der Waals surface area contributed by atoms with E-state index < -0.39 is 5.97 Å². The Hall–Kier alpha value is -2.18. The van der Waals surface area contributed by atoms with Crippen LogP contribution in [-0.4, -0.2) is 46.9 Å². The highest BCUT2D eigenvalue weighted by Gasteiger charge is 2.31. The SMILES string of the molecule is COC(=O)c1c(Cl)nc(C=O)n1[C@@H]1CCN(Cc2ccccc2)C1. The Morgan fingerprint density at radius 3 is 2.83 bits per heavy atom. The molecule has 1 atom stereocenters. The van der Waals surface area contributed by atoms with Crippen molar-refractivity contribution in [3.63, 3.8) is 0 Å². The quantitative estimate of drug-likeness (QED) is 0.614. The molecule has 7 heteroatoms. The fourth-order valence-corrected chi connectivity index (χ4v) is 3.42. The number of likely N-dealkylation sites (tertiary alicyclic amines) is 1. The average molecular weight is 348 g/mol. The standard InChI is InChI=1S/C17H18ClN3O3/c1-24-17(23)15-16(18)19-14(11-22)21(15)13-7-8-20(10-13)9-12-5-3-2-4-6-12/h2-6,11,13H,7-10H2,1H3/t13-/m1/s1. The first-order valence-corrected chi connectivity index (χ1v) is 8.09. The van der Waals surface area contributed by atoms with Gasteiger partial charge in [0, 0.05) is 19.6 Å². The number of nitrogens with zero attached hydrogens (tertiary/aromatic N) is 3. The largest absolute Gasteiger partial charge is 0.464 e. The van der Waals surface area contributed by atoms with E-state index in [1.165, 1.54) is 12.7 Å². The van der Waals surface area contributed by atoms with Crippen LogP contribution >= 0.6 is 11.6 Å². The maximum absolute atomic E-state index is 12.0. The minimum absolute atomic E-state index is 0.00505. The van der Waals surface area contributed by atoms with Gasteiger partial charge in [-0.2, -0.15) is 0 Å². The number of hydrogen-bond donors (Lipinski definition) is 0. The summed E-state index contributed by atoms with van der Waals surface area (Å²) in [6.45, 7) is 2.41. The molecule has 1 aromatic carbocycles. The van der Waals surface area contributed by atoms with Gasteiger partial charge < -0.3 is 9.30 Å². The van der Waals surface area contributed by atoms with Crippen LogP contribution in [-0.2, 0) is 11.3 Å². The first-order valence-electron chi connectivity index (χ1n) is 7.71. The number of rotatable bonds is 5. The number of aromatic nitrogens is 2. The third-order valence-corrected chi connectivity index (χ3v) is 4.51. The molecule has 3 rings (SSSR count). The predicted octanol–water partition coefficient (Wildman–Crippen LogP) is 2.58. The summed E-state index contributed by atoms with van der Waals surface area (Å²) in [7, 11) is 1.28. The van der Waals surface area contributed by atoms with Crippen molar-refractivity contribution in [2.24, 2.45) is 0 Å². The fourth-order valence-electron chi connectivity index (χ4n) is 3.16. The number of carbonyl (C=O) groups is 2. The normalized spacial score (nSPS) is 17.8. The summed E-state index contributed by atoms with van der Waals surface area (Å²) in [4.78, 5) is 29.6. The zero-order valence-electron chi connectivity index (χ0n) is 13.3. The molecule has 6 nitrogen and oxygen atoms in total. The number of carbonyl (C=O) groups excluding carboxylic acids is 2. The Labute approximate surface area is 145 Å². The highest BCUT2D eigenvalue weighted by atomic mass is 35.5. The summed E-state index contributed by atoms with van der Waals surface area (Å²) >= 11 is 6.04. The molecule has 0 amide bonds. The van der Waals surface area contributed by atoms with E-state index in [9.17, 15) is 9.59 Å². The summed E-state index contributed by atoms with van der Waals surface area (Å²) in [5.41, 5.74) is 1.37. The van der Waals surface area contributed by atoms with Gasteiger partial charge >= 0.3 is 5.97 Å². The summed E-state index contributed by atoms with van der Waals surface area (Å²) in [6, 6.07) is 10.1. The second-order valence-electron chi connectivity index (χ2n) is 5.75. The van der Waals surface area contributed by atoms with Gasteiger partial charge in [-0.25, -0.2) is 9.78 Å². The van der Waals surface area contributed by atoms with Crippen LogP contribution in [0.25, 0.3) is 0 Å². The molecule has 1 aliphatic rings. The summed E-state index contributed by atoms with van der Waals surface area (Å²) in [6.07, 6.45) is 1.43. The van der Waals surface area contributed by atoms with Crippen LogP contribution in [0, 0.1) is 0 Å². The molecule has 2 heterocycles. The van der Waals surface area contributed by atoms with E-state index in [1.807, 2.05) is 18.2 Å². The monoisotopic (exact) mass is 347 g/mol. The van der Waals surface area contributed by atoms with Crippen LogP contribution in [0.1, 0.15) is 39.1 Å². The second kappa shape index (κ2) is 7.15. The minimum atomic E-state index is -0.581. The number of ether oxygens (including phenoxy) is 1. The fraction of sp³-hybridized carbons (Fsp3) is 0.353. The molecule has 0 N–H and O–H groups in total. The van der Waals surface area contributed by atoms with Gasteiger partial charge in [0.2, 0.25) is 0 Å². The van der Waals surface area contributed by atoms with Gasteiger partial charge in [-0.05, 0) is 12.0 Å². The van der Waals surface area contributed by atoms with Crippen LogP contribution in [0.2, 0.25) is 5.15 Å². The molecular formula is C17H18ClN3O3. The highest BCUT2D eigenvalue weighted by Crippen LogP contribution is 2.29. The molecule has 24 heavy (non-hydrogen) atoms. The number of benzene rings is 1. The van der Waals surface area contributed by atoms with Crippen LogP contribution in [0.4, 0.5) is 0 Å². The van der Waals surface area contributed by atoms with Gasteiger partial charge in [0.15, 0.2) is 23.0 Å². The molecule has 0 radical (unpaired) electrons. The maximum Gasteiger partial charge on any atom is 0.357 e. The highest BCUT2D eigenvalue weighted by molar-refractivity contribution is 6.32. The number of methoxy groups -OCH3 is 1. The Bertz CT molecular complexity index is 745. The van der Waals surface area contributed by atoms with Crippen LogP contribution < -0.4 is 0 Å². The number of hydrogen-bond acceptors (Lipinski definition) is 5. The van der Waals surface area contributed by atoms with Crippen molar-refractivity contribution in [2.45, 2.75) is 19.0 Å². The van der Waals surface area contributed by atoms with E-state index in [0.29, 0.717) is 12.8 Å². The molecule has 126 valence electrons. The van der Waals surface area contributed by atoms with Crippen molar-refractivity contribution in [1.29, 1.82) is 0 Å². The van der Waals surface area contributed by atoms with E-state index in [0.717, 1.165) is 19.5 Å². The van der Waals surface area contributed by atoms with Crippen LogP contribution in [0.5, 0.6) is 0 Å². The molecule has 2 aromatic rings. The Balaban J connectivity index is 1.83. The number of esters is 1. The zero-order chi connectivity index (χ0) is 17.1. The molecule has 0 bridgehead atoms. The zero-order valence-corrected chi connectivity index (χ0v) is 14.1. The van der Waals surface area contributed by atoms with Crippen molar-refractivity contribution >= 4 is 23.9 Å². The third-order valence-electron chi connectivity index (χ3n) is 4.24. The Morgan fingerprint density at radius 1 is 1.42 bits per heavy atom. The van der Waals surface area contributed by atoms with Crippen molar-refractivity contribution < 1.29 is 14.3 Å². The lowest BCUT2D eigenvalue weighted by molar-refractivity contribution is 0.0586. The molecule has 1 fully saturated rings. The van der Waals surface area contributed by atoms with Gasteiger partial charge in [-0.15, -0.1) is 0 Å². The molecule has 0 aliphatic carbocycles. The number of aldehydes is 1. The van der Waals surface area contributed by atoms with Gasteiger partial charge in [0.25, 0.3) is 0 Å². The van der Waals surface area contributed by atoms with Crippen molar-refractivity contribution in [3.05, 3.63) is 52.6 Å². The van der Waals surface area contributed by atoms with Crippen LogP contribution in [0.15, 0.2) is 30.3 Å². The lowest BCUT2D eigenvalue weighted by Crippen LogP contribution is -2.24. The van der Waals surface area contributed by atoms with Gasteiger partial charge in [0.1, 0.15) is 0 Å². The minimum Gasteiger partial charge on any atom is -0.464 e. The summed E-state index contributed by atoms with van der Waals surface area (Å²) < 4.78 is 6.40. The van der Waals surface area contributed by atoms with E-state index >= 15 is 0 Å². The first-order chi connectivity index (χ1) is 11.6. The molecule has 0 spiro atoms. The van der Waals surface area contributed by atoms with Crippen molar-refractivity contribution in [1.82, 2.24) is 14.5 Å². The molecular weight excluding hydrogens is 330 g/mol. The van der Waals surface area contributed by atoms with Gasteiger partial charge in [-0.1, -0.05) is 41.9 Å². The lowest BCUT2D eigenvalue weighted by Gasteiger charge is -2.18. The first kappa shape index (κ1) is 16.7. The van der Waals surface area contributed by atoms with Crippen molar-refractivity contribution in [3.8, 4) is 0 Å². The van der Waals surface area contributed by atoms with E-state index in [1.54, 1.807) is 4.57 Å². The second-order valence-corrected chi connectivity index (χ2v) is 6.11. The van der Waals surface area contributed by atoms with Crippen LogP contribution in [0.3, 0.4) is 0 Å².